The maximum absolute atomic E-state index is 11.7. The number of hydrogen-bond acceptors (Lipinski definition) is 3. The minimum Gasteiger partial charge on any atom is -0.330 e. The van der Waals surface area contributed by atoms with Crippen molar-refractivity contribution >= 4 is 17.1 Å². The second-order valence-electron chi connectivity index (χ2n) is 3.97. The Morgan fingerprint density at radius 3 is 3.07 bits per heavy atom. The van der Waals surface area contributed by atoms with Crippen LogP contribution in [0, 0.1) is 12.8 Å². The van der Waals surface area contributed by atoms with E-state index in [1.807, 2.05) is 6.07 Å². The van der Waals surface area contributed by atoms with Crippen molar-refractivity contribution in [1.82, 2.24) is 0 Å². The summed E-state index contributed by atoms with van der Waals surface area (Å²) in [5.41, 5.74) is 6.50. The first-order valence-electron chi connectivity index (χ1n) is 5.03. The highest BCUT2D eigenvalue weighted by molar-refractivity contribution is 7.12. The van der Waals surface area contributed by atoms with Gasteiger partial charge in [0.15, 0.2) is 5.78 Å². The van der Waals surface area contributed by atoms with E-state index >= 15 is 0 Å². The molecule has 0 fully saturated rings. The Morgan fingerprint density at radius 2 is 2.36 bits per heavy atom. The Labute approximate surface area is 88.1 Å². The molecule has 1 heterocycles. The Hall–Kier alpha value is -0.670. The monoisotopic (exact) mass is 209 g/mol. The summed E-state index contributed by atoms with van der Waals surface area (Å²) in [5.74, 6) is 0.798. The van der Waals surface area contributed by atoms with Gasteiger partial charge in [0.05, 0.1) is 0 Å². The van der Waals surface area contributed by atoms with Crippen LogP contribution in [0.2, 0.25) is 0 Å². The lowest BCUT2D eigenvalue weighted by atomic mass is 9.86. The van der Waals surface area contributed by atoms with E-state index < -0.39 is 0 Å². The van der Waals surface area contributed by atoms with E-state index in [2.05, 4.69) is 6.92 Å². The number of hydrogen-bond donors (Lipinski definition) is 1. The zero-order valence-electron chi connectivity index (χ0n) is 8.38. The van der Waals surface area contributed by atoms with Crippen LogP contribution in [-0.2, 0) is 6.42 Å². The van der Waals surface area contributed by atoms with Crippen LogP contribution in [-0.4, -0.2) is 12.3 Å². The van der Waals surface area contributed by atoms with Crippen LogP contribution < -0.4 is 5.73 Å². The molecule has 0 aliphatic heterocycles. The zero-order valence-corrected chi connectivity index (χ0v) is 9.19. The molecule has 2 nitrogen and oxygen atoms in total. The van der Waals surface area contributed by atoms with E-state index in [0.717, 1.165) is 18.4 Å². The van der Waals surface area contributed by atoms with Gasteiger partial charge in [-0.05, 0) is 38.3 Å². The van der Waals surface area contributed by atoms with Gasteiger partial charge < -0.3 is 5.73 Å². The molecule has 1 aliphatic carbocycles. The third-order valence-corrected chi connectivity index (χ3v) is 3.83. The van der Waals surface area contributed by atoms with Crippen LogP contribution in [0.4, 0.5) is 0 Å². The number of carbonyl (C=O) groups excluding carboxylic acids is 1. The predicted molar refractivity (Wildman–Crippen MR) is 58.9 cm³/mol. The quantitative estimate of drug-likeness (QED) is 0.811. The molecule has 1 aromatic heterocycles. The Kier molecular flexibility index (Phi) is 2.70. The number of aryl methyl sites for hydroxylation is 1. The van der Waals surface area contributed by atoms with Crippen molar-refractivity contribution in [2.24, 2.45) is 11.7 Å². The van der Waals surface area contributed by atoms with Crippen molar-refractivity contribution in [3.8, 4) is 0 Å². The summed E-state index contributed by atoms with van der Waals surface area (Å²) in [6, 6.07) is 2.03. The molecule has 0 aromatic carbocycles. The predicted octanol–water partition coefficient (Wildman–Crippen LogP) is 2.15. The zero-order chi connectivity index (χ0) is 10.1. The highest BCUT2D eigenvalue weighted by Crippen LogP contribution is 2.33. The minimum absolute atomic E-state index is 0.314. The Bertz CT molecular complexity index is 356. The SMILES string of the molecule is Cc1cc2c(s1)CC(CCN)CC2=O. The van der Waals surface area contributed by atoms with Crippen molar-refractivity contribution in [1.29, 1.82) is 0 Å². The normalized spacial score (nSPS) is 21.0. The van der Waals surface area contributed by atoms with E-state index in [1.165, 1.54) is 9.75 Å². The van der Waals surface area contributed by atoms with Crippen LogP contribution in [0.5, 0.6) is 0 Å². The molecule has 3 heteroatoms. The van der Waals surface area contributed by atoms with Gasteiger partial charge in [-0.3, -0.25) is 4.79 Å². The lowest BCUT2D eigenvalue weighted by Crippen LogP contribution is -2.20. The van der Waals surface area contributed by atoms with Crippen LogP contribution >= 0.6 is 11.3 Å². The number of thiophene rings is 1. The third-order valence-electron chi connectivity index (χ3n) is 2.76. The number of ketones is 1. The lowest BCUT2D eigenvalue weighted by Gasteiger charge is -2.19. The smallest absolute Gasteiger partial charge is 0.164 e. The number of carbonyl (C=O) groups is 1. The molecule has 0 saturated heterocycles. The van der Waals surface area contributed by atoms with E-state index in [-0.39, 0.29) is 0 Å². The van der Waals surface area contributed by atoms with Crippen LogP contribution in [0.1, 0.15) is 33.0 Å². The van der Waals surface area contributed by atoms with Gasteiger partial charge in [0.2, 0.25) is 0 Å². The molecule has 0 saturated carbocycles. The summed E-state index contributed by atoms with van der Waals surface area (Å²) < 4.78 is 0. The summed E-state index contributed by atoms with van der Waals surface area (Å²) in [5, 5.41) is 0. The summed E-state index contributed by atoms with van der Waals surface area (Å²) in [7, 11) is 0. The molecule has 0 amide bonds. The highest BCUT2D eigenvalue weighted by Gasteiger charge is 2.26. The Morgan fingerprint density at radius 1 is 1.57 bits per heavy atom. The first kappa shape index (κ1) is 9.87. The molecule has 0 spiro atoms. The highest BCUT2D eigenvalue weighted by atomic mass is 32.1. The molecule has 1 unspecified atom stereocenters. The van der Waals surface area contributed by atoms with Crippen LogP contribution in [0.15, 0.2) is 6.07 Å². The fraction of sp³-hybridized carbons (Fsp3) is 0.545. The van der Waals surface area contributed by atoms with Gasteiger partial charge >= 0.3 is 0 Å². The molecule has 0 radical (unpaired) electrons. The van der Waals surface area contributed by atoms with Crippen LogP contribution in [0.25, 0.3) is 0 Å². The van der Waals surface area contributed by atoms with Gasteiger partial charge in [0.25, 0.3) is 0 Å². The van der Waals surface area contributed by atoms with Gasteiger partial charge in [-0.2, -0.15) is 0 Å². The topological polar surface area (TPSA) is 43.1 Å². The van der Waals surface area contributed by atoms with Crippen molar-refractivity contribution in [2.45, 2.75) is 26.2 Å². The van der Waals surface area contributed by atoms with Gasteiger partial charge in [-0.15, -0.1) is 11.3 Å². The van der Waals surface area contributed by atoms with Crippen molar-refractivity contribution in [2.75, 3.05) is 6.54 Å². The minimum atomic E-state index is 0.314. The van der Waals surface area contributed by atoms with Crippen molar-refractivity contribution in [3.05, 3.63) is 21.4 Å². The molecule has 2 rings (SSSR count). The molecule has 1 atom stereocenters. The van der Waals surface area contributed by atoms with E-state index in [1.54, 1.807) is 11.3 Å². The fourth-order valence-corrected chi connectivity index (χ4v) is 3.26. The maximum atomic E-state index is 11.7. The fourth-order valence-electron chi connectivity index (χ4n) is 2.10. The number of nitrogens with two attached hydrogens (primary N) is 1. The van der Waals surface area contributed by atoms with Crippen molar-refractivity contribution < 1.29 is 4.79 Å². The summed E-state index contributed by atoms with van der Waals surface area (Å²) in [4.78, 5) is 14.3. The number of Topliss-reactive ketones (excluding diaryl/α,β-unsaturated/α-hetero) is 1. The second kappa shape index (κ2) is 3.83. The van der Waals surface area contributed by atoms with Gasteiger partial charge in [0, 0.05) is 21.7 Å². The molecule has 14 heavy (non-hydrogen) atoms. The van der Waals surface area contributed by atoms with Gasteiger partial charge in [0.1, 0.15) is 0 Å². The summed E-state index contributed by atoms with van der Waals surface area (Å²) >= 11 is 1.76. The molecule has 76 valence electrons. The van der Waals surface area contributed by atoms with Gasteiger partial charge in [-0.1, -0.05) is 0 Å². The molecule has 1 aromatic rings. The molecule has 2 N–H and O–H groups in total. The van der Waals surface area contributed by atoms with E-state index in [9.17, 15) is 4.79 Å². The molecular weight excluding hydrogens is 194 g/mol. The summed E-state index contributed by atoms with van der Waals surface area (Å²) in [6.45, 7) is 2.76. The number of fused-ring (bicyclic) bond motifs is 1. The number of rotatable bonds is 2. The first-order chi connectivity index (χ1) is 6.70. The maximum Gasteiger partial charge on any atom is 0.164 e. The molecule has 0 bridgehead atoms. The largest absolute Gasteiger partial charge is 0.330 e. The van der Waals surface area contributed by atoms with E-state index in [0.29, 0.717) is 24.7 Å². The molecule has 1 aliphatic rings. The standard InChI is InChI=1S/C11H15NOS/c1-7-4-9-10(13)5-8(2-3-12)6-11(9)14-7/h4,8H,2-3,5-6,12H2,1H3. The Balaban J connectivity index is 2.24. The van der Waals surface area contributed by atoms with Crippen molar-refractivity contribution in [3.63, 3.8) is 0 Å². The second-order valence-corrected chi connectivity index (χ2v) is 5.31. The summed E-state index contributed by atoms with van der Waals surface area (Å²) in [6.07, 6.45) is 2.72. The molecular formula is C11H15NOS. The average Bonchev–Trinajstić information content (AvgIpc) is 2.47. The van der Waals surface area contributed by atoms with Crippen LogP contribution in [0.3, 0.4) is 0 Å². The average molecular weight is 209 g/mol. The lowest BCUT2D eigenvalue weighted by molar-refractivity contribution is 0.0948. The van der Waals surface area contributed by atoms with E-state index in [4.69, 9.17) is 5.73 Å². The van der Waals surface area contributed by atoms with Gasteiger partial charge in [-0.25, -0.2) is 0 Å². The third kappa shape index (κ3) is 1.74. The first-order valence-corrected chi connectivity index (χ1v) is 5.85.